The first-order chi connectivity index (χ1) is 14.9. The molecule has 3 aromatic rings. The number of amides is 3. The Hall–Kier alpha value is -3.74. The third-order valence-corrected chi connectivity index (χ3v) is 5.57. The average Bonchev–Trinajstić information content (AvgIpc) is 3.24. The van der Waals surface area contributed by atoms with Crippen molar-refractivity contribution in [2.75, 3.05) is 4.90 Å². The maximum atomic E-state index is 12.6. The number of carbonyl (C=O) groups is 3. The SMILES string of the molecule is Cc1nn(Cc2ccccc2)c(C)c1CNC(=O)c1ccc(N2C(=O)CCC2=O)cc1. The van der Waals surface area contributed by atoms with Crippen molar-refractivity contribution in [3.63, 3.8) is 0 Å². The molecule has 3 amide bonds. The van der Waals surface area contributed by atoms with E-state index >= 15 is 0 Å². The minimum Gasteiger partial charge on any atom is -0.348 e. The Bertz CT molecular complexity index is 1120. The van der Waals surface area contributed by atoms with Crippen molar-refractivity contribution in [1.82, 2.24) is 15.1 Å². The first-order valence-electron chi connectivity index (χ1n) is 10.2. The third-order valence-electron chi connectivity index (χ3n) is 5.57. The van der Waals surface area contributed by atoms with E-state index in [2.05, 4.69) is 22.5 Å². The molecule has 0 radical (unpaired) electrons. The van der Waals surface area contributed by atoms with Crippen molar-refractivity contribution in [2.24, 2.45) is 0 Å². The molecule has 158 valence electrons. The van der Waals surface area contributed by atoms with Crippen LogP contribution in [0.2, 0.25) is 0 Å². The van der Waals surface area contributed by atoms with Crippen LogP contribution in [0.25, 0.3) is 0 Å². The van der Waals surface area contributed by atoms with Crippen molar-refractivity contribution >= 4 is 23.4 Å². The molecule has 0 unspecified atom stereocenters. The molecule has 0 saturated carbocycles. The van der Waals surface area contributed by atoms with Crippen LogP contribution in [0.15, 0.2) is 54.6 Å². The predicted molar refractivity (Wildman–Crippen MR) is 117 cm³/mol. The number of aromatic nitrogens is 2. The normalized spacial score (nSPS) is 13.7. The van der Waals surface area contributed by atoms with Crippen molar-refractivity contribution in [2.45, 2.75) is 39.8 Å². The monoisotopic (exact) mass is 416 g/mol. The van der Waals surface area contributed by atoms with Crippen molar-refractivity contribution in [1.29, 1.82) is 0 Å². The molecule has 1 saturated heterocycles. The quantitative estimate of drug-likeness (QED) is 0.626. The summed E-state index contributed by atoms with van der Waals surface area (Å²) in [5, 5.41) is 7.56. The van der Waals surface area contributed by atoms with E-state index in [4.69, 9.17) is 0 Å². The van der Waals surface area contributed by atoms with E-state index < -0.39 is 0 Å². The molecule has 0 bridgehead atoms. The van der Waals surface area contributed by atoms with Crippen LogP contribution in [0.5, 0.6) is 0 Å². The van der Waals surface area contributed by atoms with Gasteiger partial charge < -0.3 is 5.32 Å². The van der Waals surface area contributed by atoms with Gasteiger partial charge in [0, 0.05) is 36.2 Å². The van der Waals surface area contributed by atoms with E-state index in [1.165, 1.54) is 10.5 Å². The molecule has 7 heteroatoms. The zero-order chi connectivity index (χ0) is 22.0. The Labute approximate surface area is 180 Å². The Morgan fingerprint density at radius 2 is 1.61 bits per heavy atom. The van der Waals surface area contributed by atoms with E-state index in [1.807, 2.05) is 36.7 Å². The van der Waals surface area contributed by atoms with Gasteiger partial charge in [-0.15, -0.1) is 0 Å². The molecule has 7 nitrogen and oxygen atoms in total. The van der Waals surface area contributed by atoms with E-state index in [0.717, 1.165) is 17.0 Å². The number of nitrogens with zero attached hydrogens (tertiary/aromatic N) is 3. The minimum atomic E-state index is -0.222. The largest absolute Gasteiger partial charge is 0.348 e. The van der Waals surface area contributed by atoms with Gasteiger partial charge in [-0.05, 0) is 43.7 Å². The fourth-order valence-electron chi connectivity index (χ4n) is 3.80. The maximum absolute atomic E-state index is 12.6. The standard InChI is InChI=1S/C24H24N4O3/c1-16-21(17(2)27(26-16)15-18-6-4-3-5-7-18)14-25-24(31)19-8-10-20(11-9-19)28-22(29)12-13-23(28)30/h3-11H,12-15H2,1-2H3,(H,25,31). The summed E-state index contributed by atoms with van der Waals surface area (Å²) in [5.74, 6) is -0.637. The molecule has 0 atom stereocenters. The summed E-state index contributed by atoms with van der Waals surface area (Å²) in [4.78, 5) is 37.5. The van der Waals surface area contributed by atoms with Crippen LogP contribution in [-0.2, 0) is 22.7 Å². The predicted octanol–water partition coefficient (Wildman–Crippen LogP) is 3.13. The first kappa shape index (κ1) is 20.5. The van der Waals surface area contributed by atoms with Gasteiger partial charge in [0.2, 0.25) is 11.8 Å². The zero-order valence-electron chi connectivity index (χ0n) is 17.6. The first-order valence-corrected chi connectivity index (χ1v) is 10.2. The number of aryl methyl sites for hydroxylation is 1. The Morgan fingerprint density at radius 3 is 2.26 bits per heavy atom. The summed E-state index contributed by atoms with van der Waals surface area (Å²) in [5.41, 5.74) is 5.03. The van der Waals surface area contributed by atoms with Crippen LogP contribution >= 0.6 is 0 Å². The molecular weight excluding hydrogens is 392 g/mol. The van der Waals surface area contributed by atoms with Gasteiger partial charge in [-0.1, -0.05) is 30.3 Å². The molecule has 31 heavy (non-hydrogen) atoms. The Balaban J connectivity index is 1.42. The molecule has 2 aromatic carbocycles. The number of hydrogen-bond donors (Lipinski definition) is 1. The number of nitrogens with one attached hydrogen (secondary N) is 1. The number of anilines is 1. The van der Waals surface area contributed by atoms with E-state index in [0.29, 0.717) is 24.3 Å². The number of benzene rings is 2. The van der Waals surface area contributed by atoms with Crippen LogP contribution in [-0.4, -0.2) is 27.5 Å². The van der Waals surface area contributed by atoms with Crippen LogP contribution in [0.3, 0.4) is 0 Å². The maximum Gasteiger partial charge on any atom is 0.251 e. The molecule has 1 fully saturated rings. The summed E-state index contributed by atoms with van der Waals surface area (Å²) in [6, 6.07) is 16.6. The van der Waals surface area contributed by atoms with E-state index in [-0.39, 0.29) is 30.6 Å². The Kier molecular flexibility index (Phi) is 5.66. The molecular formula is C24H24N4O3. The summed E-state index contributed by atoms with van der Waals surface area (Å²) in [6.45, 7) is 4.99. The summed E-state index contributed by atoms with van der Waals surface area (Å²) < 4.78 is 1.95. The molecule has 0 spiro atoms. The Morgan fingerprint density at radius 1 is 0.968 bits per heavy atom. The third kappa shape index (κ3) is 4.26. The van der Waals surface area contributed by atoms with E-state index in [1.54, 1.807) is 24.3 Å². The molecule has 1 N–H and O–H groups in total. The van der Waals surface area contributed by atoms with Gasteiger partial charge in [-0.25, -0.2) is 0 Å². The van der Waals surface area contributed by atoms with Gasteiger partial charge in [0.15, 0.2) is 0 Å². The van der Waals surface area contributed by atoms with Crippen LogP contribution in [0, 0.1) is 13.8 Å². The lowest BCUT2D eigenvalue weighted by molar-refractivity contribution is -0.121. The van der Waals surface area contributed by atoms with Gasteiger partial charge in [-0.2, -0.15) is 5.10 Å². The zero-order valence-corrected chi connectivity index (χ0v) is 17.6. The minimum absolute atomic E-state index is 0.208. The van der Waals surface area contributed by atoms with Crippen LogP contribution < -0.4 is 10.2 Å². The number of imide groups is 1. The molecule has 2 heterocycles. The summed E-state index contributed by atoms with van der Waals surface area (Å²) >= 11 is 0. The lowest BCUT2D eigenvalue weighted by Crippen LogP contribution is -2.28. The van der Waals surface area contributed by atoms with Crippen molar-refractivity contribution in [3.8, 4) is 0 Å². The second-order valence-corrected chi connectivity index (χ2v) is 7.65. The highest BCUT2D eigenvalue weighted by Crippen LogP contribution is 2.23. The highest BCUT2D eigenvalue weighted by atomic mass is 16.2. The highest BCUT2D eigenvalue weighted by molar-refractivity contribution is 6.19. The average molecular weight is 416 g/mol. The van der Waals surface area contributed by atoms with Gasteiger partial charge in [0.05, 0.1) is 17.9 Å². The lowest BCUT2D eigenvalue weighted by atomic mass is 10.1. The summed E-state index contributed by atoms with van der Waals surface area (Å²) in [7, 11) is 0. The highest BCUT2D eigenvalue weighted by Gasteiger charge is 2.30. The molecule has 1 aliphatic heterocycles. The fourth-order valence-corrected chi connectivity index (χ4v) is 3.80. The summed E-state index contributed by atoms with van der Waals surface area (Å²) in [6.07, 6.45) is 0.468. The molecule has 1 aromatic heterocycles. The number of hydrogen-bond acceptors (Lipinski definition) is 4. The fraction of sp³-hybridized carbons (Fsp3) is 0.250. The second kappa shape index (κ2) is 8.55. The number of carbonyl (C=O) groups excluding carboxylic acids is 3. The van der Waals surface area contributed by atoms with Gasteiger partial charge in [0.1, 0.15) is 0 Å². The van der Waals surface area contributed by atoms with Crippen LogP contribution in [0.1, 0.15) is 45.7 Å². The molecule has 1 aliphatic rings. The molecule has 0 aliphatic carbocycles. The van der Waals surface area contributed by atoms with Gasteiger partial charge in [0.25, 0.3) is 5.91 Å². The second-order valence-electron chi connectivity index (χ2n) is 7.65. The molecule has 4 rings (SSSR count). The smallest absolute Gasteiger partial charge is 0.251 e. The topological polar surface area (TPSA) is 84.3 Å². The lowest BCUT2D eigenvalue weighted by Gasteiger charge is -2.14. The van der Waals surface area contributed by atoms with Crippen LogP contribution in [0.4, 0.5) is 5.69 Å². The van der Waals surface area contributed by atoms with E-state index in [9.17, 15) is 14.4 Å². The van der Waals surface area contributed by atoms with Crippen molar-refractivity contribution in [3.05, 3.63) is 82.7 Å². The van der Waals surface area contributed by atoms with Gasteiger partial charge >= 0.3 is 0 Å². The van der Waals surface area contributed by atoms with Gasteiger partial charge in [-0.3, -0.25) is 24.0 Å². The number of rotatable bonds is 6. The van der Waals surface area contributed by atoms with Crippen molar-refractivity contribution < 1.29 is 14.4 Å².